The number of rotatable bonds is 4. The number of benzene rings is 1. The maximum Gasteiger partial charge on any atom is 0.223 e. The molecule has 3 rings (SSSR count). The van der Waals surface area contributed by atoms with Gasteiger partial charge >= 0.3 is 0 Å². The predicted molar refractivity (Wildman–Crippen MR) is 86.4 cm³/mol. The molecule has 2 aliphatic heterocycles. The van der Waals surface area contributed by atoms with Crippen LogP contribution in [0.2, 0.25) is 0 Å². The molecule has 1 fully saturated rings. The molecular weight excluding hydrogens is 292 g/mol. The molecule has 2 heterocycles. The molecule has 0 bridgehead atoms. The Bertz CT molecular complexity index is 629. The van der Waals surface area contributed by atoms with Crippen molar-refractivity contribution in [3.63, 3.8) is 0 Å². The summed E-state index contributed by atoms with van der Waals surface area (Å²) >= 11 is 0. The Labute approximate surface area is 136 Å². The van der Waals surface area contributed by atoms with E-state index >= 15 is 0 Å². The maximum atomic E-state index is 12.6. The molecule has 1 amide bonds. The van der Waals surface area contributed by atoms with Gasteiger partial charge in [-0.15, -0.1) is 0 Å². The van der Waals surface area contributed by atoms with E-state index in [1.165, 1.54) is 23.6 Å². The van der Waals surface area contributed by atoms with E-state index in [0.29, 0.717) is 19.5 Å². The van der Waals surface area contributed by atoms with E-state index in [4.69, 9.17) is 0 Å². The van der Waals surface area contributed by atoms with Gasteiger partial charge in [-0.1, -0.05) is 25.1 Å². The first-order chi connectivity index (χ1) is 11.0. The van der Waals surface area contributed by atoms with Crippen LogP contribution >= 0.6 is 0 Å². The molecule has 124 valence electrons. The number of aryl methyl sites for hydroxylation is 1. The standard InChI is InChI=1S/C18H24N2O3/c1-3-12-5-4-6-13-9-20(10-15(12)13)17(22)8-14-7-16(11(2)21)19-18(14)23/h4-6,14,16,18-19,23H,3,7-10H2,1-2H3/t14-,16-,18?/m0/s1. The first-order valence-corrected chi connectivity index (χ1v) is 8.31. The Kier molecular flexibility index (Phi) is 4.50. The molecule has 5 nitrogen and oxygen atoms in total. The lowest BCUT2D eigenvalue weighted by Gasteiger charge is -2.19. The first-order valence-electron chi connectivity index (χ1n) is 8.31. The van der Waals surface area contributed by atoms with Gasteiger partial charge < -0.3 is 10.0 Å². The smallest absolute Gasteiger partial charge is 0.223 e. The predicted octanol–water partition coefficient (Wildman–Crippen LogP) is 1.37. The van der Waals surface area contributed by atoms with Gasteiger partial charge in [-0.05, 0) is 36.5 Å². The molecule has 23 heavy (non-hydrogen) atoms. The van der Waals surface area contributed by atoms with Crippen LogP contribution in [0.25, 0.3) is 0 Å². The van der Waals surface area contributed by atoms with Crippen LogP contribution in [0, 0.1) is 5.92 Å². The molecule has 3 atom stereocenters. The van der Waals surface area contributed by atoms with E-state index < -0.39 is 6.23 Å². The highest BCUT2D eigenvalue weighted by molar-refractivity contribution is 5.82. The van der Waals surface area contributed by atoms with Crippen molar-refractivity contribution in [1.82, 2.24) is 10.2 Å². The van der Waals surface area contributed by atoms with Crippen molar-refractivity contribution in [2.45, 2.75) is 58.5 Å². The third-order valence-corrected chi connectivity index (χ3v) is 5.10. The topological polar surface area (TPSA) is 69.6 Å². The van der Waals surface area contributed by atoms with Gasteiger partial charge in [0.2, 0.25) is 5.91 Å². The largest absolute Gasteiger partial charge is 0.378 e. The van der Waals surface area contributed by atoms with Crippen molar-refractivity contribution in [3.05, 3.63) is 34.9 Å². The van der Waals surface area contributed by atoms with E-state index in [-0.39, 0.29) is 30.1 Å². The SMILES string of the molecule is CCc1cccc2c1CN(C(=O)C[C@@H]1C[C@@H](C(C)=O)NC1O)C2. The van der Waals surface area contributed by atoms with Crippen LogP contribution in [-0.2, 0) is 29.1 Å². The molecule has 1 unspecified atom stereocenters. The second kappa shape index (κ2) is 6.42. The van der Waals surface area contributed by atoms with Crippen molar-refractivity contribution in [2.75, 3.05) is 0 Å². The Hall–Kier alpha value is -1.72. The fourth-order valence-electron chi connectivity index (χ4n) is 3.67. The van der Waals surface area contributed by atoms with Crippen LogP contribution in [0.4, 0.5) is 0 Å². The zero-order valence-corrected chi connectivity index (χ0v) is 13.7. The number of nitrogens with zero attached hydrogens (tertiary/aromatic N) is 1. The van der Waals surface area contributed by atoms with Gasteiger partial charge in [0.05, 0.1) is 6.04 Å². The summed E-state index contributed by atoms with van der Waals surface area (Å²) in [7, 11) is 0. The van der Waals surface area contributed by atoms with E-state index in [0.717, 1.165) is 6.42 Å². The number of ketones is 1. The highest BCUT2D eigenvalue weighted by Gasteiger charge is 2.37. The molecule has 1 aromatic rings. The zero-order chi connectivity index (χ0) is 16.6. The molecule has 0 aromatic heterocycles. The number of aliphatic hydroxyl groups is 1. The zero-order valence-electron chi connectivity index (χ0n) is 13.7. The van der Waals surface area contributed by atoms with Gasteiger partial charge in [0.25, 0.3) is 0 Å². The average Bonchev–Trinajstić information content (AvgIpc) is 3.11. The molecule has 5 heteroatoms. The van der Waals surface area contributed by atoms with Gasteiger partial charge in [-0.2, -0.15) is 0 Å². The minimum atomic E-state index is -0.774. The number of aliphatic hydroxyl groups excluding tert-OH is 1. The van der Waals surface area contributed by atoms with Crippen LogP contribution in [0.1, 0.15) is 43.4 Å². The number of carbonyl (C=O) groups excluding carboxylic acids is 2. The number of amides is 1. The molecule has 0 spiro atoms. The number of hydrogen-bond donors (Lipinski definition) is 2. The number of fused-ring (bicyclic) bond motifs is 1. The number of Topliss-reactive ketones (excluding diaryl/α,β-unsaturated/α-hetero) is 1. The van der Waals surface area contributed by atoms with Gasteiger partial charge in [0.15, 0.2) is 0 Å². The van der Waals surface area contributed by atoms with Crippen LogP contribution in [-0.4, -0.2) is 34.0 Å². The third kappa shape index (κ3) is 3.16. The number of carbonyl (C=O) groups is 2. The van der Waals surface area contributed by atoms with Gasteiger partial charge in [-0.25, -0.2) is 0 Å². The number of hydrogen-bond acceptors (Lipinski definition) is 4. The highest BCUT2D eigenvalue weighted by atomic mass is 16.3. The van der Waals surface area contributed by atoms with E-state index in [9.17, 15) is 14.7 Å². The number of nitrogens with one attached hydrogen (secondary N) is 1. The lowest BCUT2D eigenvalue weighted by Crippen LogP contribution is -2.36. The Morgan fingerprint density at radius 1 is 1.35 bits per heavy atom. The van der Waals surface area contributed by atoms with Gasteiger partial charge in [0, 0.05) is 25.4 Å². The Balaban J connectivity index is 1.64. The summed E-state index contributed by atoms with van der Waals surface area (Å²) in [6.45, 7) is 4.94. The molecule has 0 aliphatic carbocycles. The fraction of sp³-hybridized carbons (Fsp3) is 0.556. The van der Waals surface area contributed by atoms with Crippen molar-refractivity contribution < 1.29 is 14.7 Å². The van der Waals surface area contributed by atoms with Gasteiger partial charge in [0.1, 0.15) is 12.0 Å². The molecule has 1 aromatic carbocycles. The quantitative estimate of drug-likeness (QED) is 0.880. The first kappa shape index (κ1) is 16.1. The third-order valence-electron chi connectivity index (χ3n) is 5.10. The summed E-state index contributed by atoms with van der Waals surface area (Å²) in [6.07, 6.45) is 1.01. The minimum absolute atomic E-state index is 0.0140. The van der Waals surface area contributed by atoms with E-state index in [2.05, 4.69) is 24.4 Å². The summed E-state index contributed by atoms with van der Waals surface area (Å²) < 4.78 is 0. The monoisotopic (exact) mass is 316 g/mol. The van der Waals surface area contributed by atoms with Crippen LogP contribution in [0.5, 0.6) is 0 Å². The summed E-state index contributed by atoms with van der Waals surface area (Å²) in [5.41, 5.74) is 3.80. The summed E-state index contributed by atoms with van der Waals surface area (Å²) in [5.74, 6) is -0.121. The fourth-order valence-corrected chi connectivity index (χ4v) is 3.67. The second-order valence-corrected chi connectivity index (χ2v) is 6.63. The Morgan fingerprint density at radius 3 is 2.78 bits per heavy atom. The second-order valence-electron chi connectivity index (χ2n) is 6.63. The highest BCUT2D eigenvalue weighted by Crippen LogP contribution is 2.29. The van der Waals surface area contributed by atoms with Crippen LogP contribution < -0.4 is 5.32 Å². The molecule has 0 saturated carbocycles. The van der Waals surface area contributed by atoms with Crippen molar-refractivity contribution in [2.24, 2.45) is 5.92 Å². The van der Waals surface area contributed by atoms with Crippen molar-refractivity contribution in [3.8, 4) is 0 Å². The van der Waals surface area contributed by atoms with Crippen LogP contribution in [0.3, 0.4) is 0 Å². The maximum absolute atomic E-state index is 12.6. The van der Waals surface area contributed by atoms with Crippen molar-refractivity contribution >= 4 is 11.7 Å². The van der Waals surface area contributed by atoms with Crippen LogP contribution in [0.15, 0.2) is 18.2 Å². The molecular formula is C18H24N2O3. The van der Waals surface area contributed by atoms with E-state index in [1.807, 2.05) is 11.0 Å². The average molecular weight is 316 g/mol. The molecule has 2 N–H and O–H groups in total. The lowest BCUT2D eigenvalue weighted by molar-refractivity contribution is -0.133. The van der Waals surface area contributed by atoms with Gasteiger partial charge in [-0.3, -0.25) is 14.9 Å². The van der Waals surface area contributed by atoms with Crippen molar-refractivity contribution in [1.29, 1.82) is 0 Å². The molecule has 1 saturated heterocycles. The Morgan fingerprint density at radius 2 is 2.13 bits per heavy atom. The lowest BCUT2D eigenvalue weighted by atomic mass is 9.98. The minimum Gasteiger partial charge on any atom is -0.378 e. The molecule has 2 aliphatic rings. The summed E-state index contributed by atoms with van der Waals surface area (Å²) in [4.78, 5) is 25.9. The normalized spacial score (nSPS) is 26.4. The summed E-state index contributed by atoms with van der Waals surface area (Å²) in [6, 6.07) is 5.92. The van der Waals surface area contributed by atoms with E-state index in [1.54, 1.807) is 0 Å². The molecule has 0 radical (unpaired) electrons. The summed E-state index contributed by atoms with van der Waals surface area (Å²) in [5, 5.41) is 12.9.